The van der Waals surface area contributed by atoms with Crippen LogP contribution in [0.1, 0.15) is 20.7 Å². The summed E-state index contributed by atoms with van der Waals surface area (Å²) in [5.74, 6) is -2.57. The fourth-order valence-corrected chi connectivity index (χ4v) is 3.05. The number of rotatable bonds is 0. The van der Waals surface area contributed by atoms with E-state index in [-0.39, 0.29) is 11.1 Å². The first-order valence-corrected chi connectivity index (χ1v) is 6.85. The van der Waals surface area contributed by atoms with Gasteiger partial charge in [0, 0.05) is 11.1 Å². The summed E-state index contributed by atoms with van der Waals surface area (Å²) in [4.78, 5) is 36.1. The molecule has 0 fully saturated rings. The van der Waals surface area contributed by atoms with Gasteiger partial charge in [-0.2, -0.15) is 0 Å². The number of aliphatic hydroxyl groups is 1. The molecule has 0 saturated carbocycles. The summed E-state index contributed by atoms with van der Waals surface area (Å²) in [7, 11) is 0. The molecular weight excluding hydrogens is 280 g/mol. The molecule has 0 aromatic heterocycles. The number of ketones is 3. The second-order valence-corrected chi connectivity index (χ2v) is 5.33. The fraction of sp³-hybridized carbons (Fsp3) is 0.0556. The Balaban J connectivity index is 2.17. The van der Waals surface area contributed by atoms with Crippen molar-refractivity contribution in [1.82, 2.24) is 0 Å². The molecule has 22 heavy (non-hydrogen) atoms. The van der Waals surface area contributed by atoms with Crippen molar-refractivity contribution < 1.29 is 19.5 Å². The predicted molar refractivity (Wildman–Crippen MR) is 81.1 cm³/mol. The van der Waals surface area contributed by atoms with Gasteiger partial charge >= 0.3 is 0 Å². The van der Waals surface area contributed by atoms with Crippen LogP contribution in [0.25, 0.3) is 21.5 Å². The third-order valence-corrected chi connectivity index (χ3v) is 4.14. The highest BCUT2D eigenvalue weighted by Crippen LogP contribution is 2.32. The normalized spacial score (nSPS) is 18.0. The summed E-state index contributed by atoms with van der Waals surface area (Å²) in [5, 5.41) is 12.9. The molecular formula is C18H10O4. The molecule has 0 heterocycles. The lowest BCUT2D eigenvalue weighted by Gasteiger charge is -2.19. The number of benzene rings is 3. The van der Waals surface area contributed by atoms with Crippen molar-refractivity contribution in [2.75, 3.05) is 0 Å². The Morgan fingerprint density at radius 1 is 0.727 bits per heavy atom. The van der Waals surface area contributed by atoms with Crippen LogP contribution in [0.15, 0.2) is 48.5 Å². The highest BCUT2D eigenvalue weighted by atomic mass is 16.3. The van der Waals surface area contributed by atoms with Crippen LogP contribution in [-0.4, -0.2) is 28.6 Å². The van der Waals surface area contributed by atoms with Crippen LogP contribution < -0.4 is 0 Å². The van der Waals surface area contributed by atoms with E-state index >= 15 is 0 Å². The van der Waals surface area contributed by atoms with Gasteiger partial charge in [-0.25, -0.2) is 0 Å². The molecule has 3 aromatic carbocycles. The van der Waals surface area contributed by atoms with Gasteiger partial charge in [-0.1, -0.05) is 42.5 Å². The third-order valence-electron chi connectivity index (χ3n) is 4.14. The van der Waals surface area contributed by atoms with E-state index in [1.807, 2.05) is 30.3 Å². The molecule has 4 nitrogen and oxygen atoms in total. The van der Waals surface area contributed by atoms with E-state index in [9.17, 15) is 19.5 Å². The number of hydrogen-bond donors (Lipinski definition) is 1. The summed E-state index contributed by atoms with van der Waals surface area (Å²) in [6, 6.07) is 14.6. The molecule has 4 rings (SSSR count). The minimum absolute atomic E-state index is 0.101. The van der Waals surface area contributed by atoms with E-state index in [0.29, 0.717) is 5.39 Å². The fourth-order valence-electron chi connectivity index (χ4n) is 3.05. The highest BCUT2D eigenvalue weighted by Gasteiger charge is 2.40. The Labute approximate surface area is 125 Å². The molecule has 0 saturated heterocycles. The van der Waals surface area contributed by atoms with Crippen LogP contribution in [0.2, 0.25) is 0 Å². The van der Waals surface area contributed by atoms with E-state index in [4.69, 9.17) is 0 Å². The monoisotopic (exact) mass is 290 g/mol. The van der Waals surface area contributed by atoms with Gasteiger partial charge in [0.15, 0.2) is 11.9 Å². The van der Waals surface area contributed by atoms with Crippen LogP contribution in [0.5, 0.6) is 0 Å². The summed E-state index contributed by atoms with van der Waals surface area (Å²) in [6.07, 6.45) is -1.88. The number of fused-ring (bicyclic) bond motifs is 5. The Hall–Kier alpha value is -2.85. The number of carbonyl (C=O) groups excluding carboxylic acids is 3. The SMILES string of the molecule is O=C1C(=O)C(O)C(=O)c2ccc3c(ccc4ccccc43)c21. The predicted octanol–water partition coefficient (Wildman–Crippen LogP) is 2.30. The van der Waals surface area contributed by atoms with Crippen molar-refractivity contribution in [2.45, 2.75) is 6.10 Å². The molecule has 3 aromatic rings. The lowest BCUT2D eigenvalue weighted by atomic mass is 9.83. The maximum Gasteiger partial charge on any atom is 0.239 e. The first-order valence-electron chi connectivity index (χ1n) is 6.85. The average molecular weight is 290 g/mol. The van der Waals surface area contributed by atoms with Gasteiger partial charge in [-0.15, -0.1) is 0 Å². The number of hydrogen-bond acceptors (Lipinski definition) is 4. The van der Waals surface area contributed by atoms with Gasteiger partial charge < -0.3 is 5.11 Å². The average Bonchev–Trinajstić information content (AvgIpc) is 2.56. The van der Waals surface area contributed by atoms with Gasteiger partial charge in [0.1, 0.15) is 0 Å². The van der Waals surface area contributed by atoms with Crippen molar-refractivity contribution >= 4 is 38.9 Å². The number of Topliss-reactive ketones (excluding diaryl/α,β-unsaturated/α-hetero) is 3. The van der Waals surface area contributed by atoms with Crippen LogP contribution in [-0.2, 0) is 4.79 Å². The Kier molecular flexibility index (Phi) is 2.53. The Bertz CT molecular complexity index is 1000. The zero-order chi connectivity index (χ0) is 15.4. The zero-order valence-electron chi connectivity index (χ0n) is 11.4. The molecule has 0 amide bonds. The number of carbonyl (C=O) groups is 3. The summed E-state index contributed by atoms with van der Waals surface area (Å²) < 4.78 is 0. The maximum atomic E-state index is 12.3. The van der Waals surface area contributed by atoms with Crippen molar-refractivity contribution in [1.29, 1.82) is 0 Å². The molecule has 1 N–H and O–H groups in total. The van der Waals surface area contributed by atoms with Crippen LogP contribution >= 0.6 is 0 Å². The maximum absolute atomic E-state index is 12.3. The number of aliphatic hydroxyl groups excluding tert-OH is 1. The molecule has 4 heteroatoms. The van der Waals surface area contributed by atoms with Crippen molar-refractivity contribution in [3.05, 3.63) is 59.7 Å². The minimum Gasteiger partial charge on any atom is -0.377 e. The van der Waals surface area contributed by atoms with Crippen LogP contribution in [0.3, 0.4) is 0 Å². The van der Waals surface area contributed by atoms with Gasteiger partial charge in [0.2, 0.25) is 11.6 Å². The molecule has 1 atom stereocenters. The third kappa shape index (κ3) is 1.53. The second-order valence-electron chi connectivity index (χ2n) is 5.33. The van der Waals surface area contributed by atoms with E-state index in [2.05, 4.69) is 0 Å². The van der Waals surface area contributed by atoms with E-state index in [0.717, 1.165) is 16.2 Å². The molecule has 106 valence electrons. The van der Waals surface area contributed by atoms with Crippen LogP contribution in [0, 0.1) is 0 Å². The van der Waals surface area contributed by atoms with Crippen molar-refractivity contribution in [2.24, 2.45) is 0 Å². The van der Waals surface area contributed by atoms with Gasteiger partial charge in [0.25, 0.3) is 0 Å². The topological polar surface area (TPSA) is 71.4 Å². The van der Waals surface area contributed by atoms with Crippen molar-refractivity contribution in [3.63, 3.8) is 0 Å². The van der Waals surface area contributed by atoms with E-state index in [1.165, 1.54) is 6.07 Å². The molecule has 0 aliphatic heterocycles. The van der Waals surface area contributed by atoms with E-state index in [1.54, 1.807) is 12.1 Å². The molecule has 0 spiro atoms. The molecule has 1 unspecified atom stereocenters. The van der Waals surface area contributed by atoms with Gasteiger partial charge in [-0.3, -0.25) is 14.4 Å². The summed E-state index contributed by atoms with van der Waals surface area (Å²) in [5.41, 5.74) is 0.212. The van der Waals surface area contributed by atoms with Gasteiger partial charge in [-0.05, 0) is 27.6 Å². The molecule has 0 radical (unpaired) electrons. The highest BCUT2D eigenvalue weighted by molar-refractivity contribution is 6.54. The zero-order valence-corrected chi connectivity index (χ0v) is 11.4. The lowest BCUT2D eigenvalue weighted by Crippen LogP contribution is -2.41. The molecule has 1 aliphatic carbocycles. The van der Waals surface area contributed by atoms with Crippen LogP contribution in [0.4, 0.5) is 0 Å². The minimum atomic E-state index is -1.88. The second kappa shape index (κ2) is 4.32. The largest absolute Gasteiger partial charge is 0.377 e. The summed E-state index contributed by atoms with van der Waals surface area (Å²) >= 11 is 0. The Morgan fingerprint density at radius 3 is 2.27 bits per heavy atom. The summed E-state index contributed by atoms with van der Waals surface area (Å²) in [6.45, 7) is 0. The standard InChI is InChI=1S/C18H10O4/c19-15-13-8-7-11-10-4-2-1-3-9(10)5-6-12(11)14(13)16(20)18(22)17(15)21/h1-8,17,21H. The lowest BCUT2D eigenvalue weighted by molar-refractivity contribution is -0.120. The first-order chi connectivity index (χ1) is 10.6. The first kappa shape index (κ1) is 12.9. The molecule has 1 aliphatic rings. The van der Waals surface area contributed by atoms with E-state index < -0.39 is 23.5 Å². The smallest absolute Gasteiger partial charge is 0.239 e. The quantitative estimate of drug-likeness (QED) is 0.392. The molecule has 0 bridgehead atoms. The van der Waals surface area contributed by atoms with Gasteiger partial charge in [0.05, 0.1) is 0 Å². The Morgan fingerprint density at radius 2 is 1.45 bits per heavy atom. The van der Waals surface area contributed by atoms with Crippen molar-refractivity contribution in [3.8, 4) is 0 Å².